The number of hydrogen-bond acceptors (Lipinski definition) is 8. The van der Waals surface area contributed by atoms with Crippen molar-refractivity contribution in [2.75, 3.05) is 18.1 Å². The number of nitriles is 1. The van der Waals surface area contributed by atoms with Crippen LogP contribution in [-0.2, 0) is 9.53 Å². The summed E-state index contributed by atoms with van der Waals surface area (Å²) in [7, 11) is 0. The molecule has 0 aliphatic carbocycles. The standard InChI is InChI=1S/C20H18ClN5O3S/c1-2-29-15(27)8-14(11-5-3-4-6-13(11)21)25-19(28)17-16(23)12-7-10(9-22)18(24)26-20(12)30-17/h3-7,14H,2,8,23H2,1H3,(H2,24,26)(H,25,28)/t14-/m1/s1. The van der Waals surface area contributed by atoms with Gasteiger partial charge in [-0.3, -0.25) is 9.59 Å². The molecule has 3 aromatic rings. The molecule has 2 heterocycles. The van der Waals surface area contributed by atoms with E-state index >= 15 is 0 Å². The number of rotatable bonds is 6. The number of nitrogen functional groups attached to an aromatic ring is 2. The van der Waals surface area contributed by atoms with E-state index in [9.17, 15) is 9.59 Å². The van der Waals surface area contributed by atoms with Gasteiger partial charge in [-0.1, -0.05) is 29.8 Å². The molecule has 5 N–H and O–H groups in total. The summed E-state index contributed by atoms with van der Waals surface area (Å²) in [4.78, 5) is 29.9. The minimum atomic E-state index is -0.720. The van der Waals surface area contributed by atoms with Gasteiger partial charge in [0.25, 0.3) is 5.91 Å². The van der Waals surface area contributed by atoms with Crippen LogP contribution in [0.15, 0.2) is 30.3 Å². The van der Waals surface area contributed by atoms with Crippen molar-refractivity contribution in [3.63, 3.8) is 0 Å². The van der Waals surface area contributed by atoms with Crippen molar-refractivity contribution >= 4 is 56.5 Å². The Labute approximate surface area is 181 Å². The summed E-state index contributed by atoms with van der Waals surface area (Å²) in [6.45, 7) is 1.92. The normalized spacial score (nSPS) is 11.6. The molecule has 10 heteroatoms. The maximum atomic E-state index is 13.0. The zero-order valence-corrected chi connectivity index (χ0v) is 17.5. The lowest BCUT2D eigenvalue weighted by Gasteiger charge is -2.19. The number of halogens is 1. The Morgan fingerprint density at radius 2 is 2.10 bits per heavy atom. The summed E-state index contributed by atoms with van der Waals surface area (Å²) in [6, 6.07) is 9.63. The van der Waals surface area contributed by atoms with Crippen molar-refractivity contribution in [3.8, 4) is 6.07 Å². The first-order valence-electron chi connectivity index (χ1n) is 8.95. The molecule has 1 amide bonds. The molecule has 1 atom stereocenters. The summed E-state index contributed by atoms with van der Waals surface area (Å²) < 4.78 is 5.02. The number of fused-ring (bicyclic) bond motifs is 1. The molecule has 0 bridgehead atoms. The number of esters is 1. The minimum absolute atomic E-state index is 0.0643. The molecule has 0 radical (unpaired) electrons. The van der Waals surface area contributed by atoms with Crippen molar-refractivity contribution < 1.29 is 14.3 Å². The number of hydrogen-bond donors (Lipinski definition) is 3. The number of pyridine rings is 1. The molecule has 0 aliphatic rings. The summed E-state index contributed by atoms with van der Waals surface area (Å²) in [5.41, 5.74) is 12.8. The first-order valence-corrected chi connectivity index (χ1v) is 10.1. The van der Waals surface area contributed by atoms with E-state index in [1.807, 2.05) is 6.07 Å². The van der Waals surface area contributed by atoms with Crippen LogP contribution in [0.5, 0.6) is 0 Å². The van der Waals surface area contributed by atoms with Gasteiger partial charge < -0.3 is 21.5 Å². The third kappa shape index (κ3) is 4.30. The van der Waals surface area contributed by atoms with Gasteiger partial charge in [0, 0.05) is 10.4 Å². The lowest BCUT2D eigenvalue weighted by Crippen LogP contribution is -2.30. The van der Waals surface area contributed by atoms with Crippen molar-refractivity contribution in [2.45, 2.75) is 19.4 Å². The van der Waals surface area contributed by atoms with E-state index in [4.69, 9.17) is 33.1 Å². The van der Waals surface area contributed by atoms with Gasteiger partial charge in [0.15, 0.2) is 0 Å². The lowest BCUT2D eigenvalue weighted by atomic mass is 10.0. The Morgan fingerprint density at radius 1 is 1.37 bits per heavy atom. The van der Waals surface area contributed by atoms with E-state index in [0.29, 0.717) is 20.8 Å². The predicted molar refractivity (Wildman–Crippen MR) is 116 cm³/mol. The highest BCUT2D eigenvalue weighted by molar-refractivity contribution is 7.21. The fraction of sp³-hybridized carbons (Fsp3) is 0.200. The molecule has 154 valence electrons. The van der Waals surface area contributed by atoms with E-state index in [-0.39, 0.29) is 35.0 Å². The number of benzene rings is 1. The van der Waals surface area contributed by atoms with Crippen LogP contribution >= 0.6 is 22.9 Å². The second kappa shape index (κ2) is 8.98. The molecule has 0 saturated heterocycles. The Kier molecular flexibility index (Phi) is 6.40. The molecule has 2 aromatic heterocycles. The van der Waals surface area contributed by atoms with Gasteiger partial charge in [0.2, 0.25) is 0 Å². The number of carbonyl (C=O) groups excluding carboxylic acids is 2. The highest BCUT2D eigenvalue weighted by Gasteiger charge is 2.25. The maximum Gasteiger partial charge on any atom is 0.308 e. The van der Waals surface area contributed by atoms with Crippen LogP contribution < -0.4 is 16.8 Å². The van der Waals surface area contributed by atoms with E-state index in [1.54, 1.807) is 31.2 Å². The van der Waals surface area contributed by atoms with E-state index in [0.717, 1.165) is 11.3 Å². The number of thiophene rings is 1. The number of anilines is 2. The predicted octanol–water partition coefficient (Wildman–Crippen LogP) is 3.41. The van der Waals surface area contributed by atoms with Crippen LogP contribution in [0.4, 0.5) is 11.5 Å². The highest BCUT2D eigenvalue weighted by atomic mass is 35.5. The third-order valence-electron chi connectivity index (χ3n) is 4.34. The van der Waals surface area contributed by atoms with Crippen LogP contribution in [0.25, 0.3) is 10.2 Å². The van der Waals surface area contributed by atoms with Crippen LogP contribution in [0.3, 0.4) is 0 Å². The molecule has 8 nitrogen and oxygen atoms in total. The molecule has 3 rings (SSSR count). The van der Waals surface area contributed by atoms with Crippen molar-refractivity contribution in [3.05, 3.63) is 51.4 Å². The van der Waals surface area contributed by atoms with Crippen molar-refractivity contribution in [2.24, 2.45) is 0 Å². The highest BCUT2D eigenvalue weighted by Crippen LogP contribution is 2.35. The van der Waals surface area contributed by atoms with Crippen molar-refractivity contribution in [1.82, 2.24) is 10.3 Å². The van der Waals surface area contributed by atoms with E-state index in [2.05, 4.69) is 10.3 Å². The average molecular weight is 444 g/mol. The van der Waals surface area contributed by atoms with Crippen LogP contribution in [-0.4, -0.2) is 23.5 Å². The first-order chi connectivity index (χ1) is 14.3. The smallest absolute Gasteiger partial charge is 0.308 e. The Bertz CT molecular complexity index is 1170. The molecule has 0 aliphatic heterocycles. The number of amides is 1. The maximum absolute atomic E-state index is 13.0. The Hall–Kier alpha value is -3.35. The summed E-state index contributed by atoms with van der Waals surface area (Å²) in [6.07, 6.45) is -0.0993. The summed E-state index contributed by atoms with van der Waals surface area (Å²) in [5, 5.41) is 12.8. The van der Waals surface area contributed by atoms with Crippen LogP contribution in [0.2, 0.25) is 5.02 Å². The topological polar surface area (TPSA) is 144 Å². The average Bonchev–Trinajstić information content (AvgIpc) is 3.03. The van der Waals surface area contributed by atoms with Crippen LogP contribution in [0.1, 0.15) is 40.2 Å². The summed E-state index contributed by atoms with van der Waals surface area (Å²) in [5.74, 6) is -0.906. The lowest BCUT2D eigenvalue weighted by molar-refractivity contribution is -0.143. The number of nitrogens with zero attached hydrogens (tertiary/aromatic N) is 2. The fourth-order valence-electron chi connectivity index (χ4n) is 2.92. The van der Waals surface area contributed by atoms with Crippen LogP contribution in [0, 0.1) is 11.3 Å². The number of nitrogens with one attached hydrogen (secondary N) is 1. The number of nitrogens with two attached hydrogens (primary N) is 2. The van der Waals surface area contributed by atoms with E-state index in [1.165, 1.54) is 6.07 Å². The first kappa shape index (κ1) is 21.4. The number of aromatic nitrogens is 1. The van der Waals surface area contributed by atoms with E-state index < -0.39 is 17.9 Å². The second-order valence-electron chi connectivity index (χ2n) is 6.29. The Balaban J connectivity index is 1.96. The number of carbonyl (C=O) groups is 2. The minimum Gasteiger partial charge on any atom is -0.466 e. The quantitative estimate of drug-likeness (QED) is 0.495. The molecular weight excluding hydrogens is 426 g/mol. The largest absolute Gasteiger partial charge is 0.466 e. The molecule has 0 saturated carbocycles. The SMILES string of the molecule is CCOC(=O)C[C@@H](NC(=O)c1sc2nc(N)c(C#N)cc2c1N)c1ccccc1Cl. The Morgan fingerprint density at radius 3 is 2.77 bits per heavy atom. The molecular formula is C20H18ClN5O3S. The van der Waals surface area contributed by atoms with Gasteiger partial charge in [-0.2, -0.15) is 5.26 Å². The third-order valence-corrected chi connectivity index (χ3v) is 5.80. The van der Waals surface area contributed by atoms with Gasteiger partial charge in [-0.05, 0) is 24.6 Å². The number of ether oxygens (including phenoxy) is 1. The molecule has 0 fully saturated rings. The van der Waals surface area contributed by atoms with Gasteiger partial charge in [-0.25, -0.2) is 4.98 Å². The zero-order valence-electron chi connectivity index (χ0n) is 15.9. The van der Waals surface area contributed by atoms with Crippen molar-refractivity contribution in [1.29, 1.82) is 5.26 Å². The summed E-state index contributed by atoms with van der Waals surface area (Å²) >= 11 is 7.32. The van der Waals surface area contributed by atoms with Gasteiger partial charge in [0.1, 0.15) is 21.6 Å². The van der Waals surface area contributed by atoms with Gasteiger partial charge in [-0.15, -0.1) is 11.3 Å². The molecule has 0 unspecified atom stereocenters. The molecule has 0 spiro atoms. The second-order valence-corrected chi connectivity index (χ2v) is 7.69. The monoisotopic (exact) mass is 443 g/mol. The zero-order chi connectivity index (χ0) is 21.8. The molecule has 1 aromatic carbocycles. The van der Waals surface area contributed by atoms with Gasteiger partial charge in [0.05, 0.1) is 30.3 Å². The van der Waals surface area contributed by atoms with Gasteiger partial charge >= 0.3 is 5.97 Å². The molecule has 30 heavy (non-hydrogen) atoms. The fourth-order valence-corrected chi connectivity index (χ4v) is 4.17.